The van der Waals surface area contributed by atoms with Gasteiger partial charge in [-0.2, -0.15) is 0 Å². The first-order valence-electron chi connectivity index (χ1n) is 22.8. The molecule has 18 nitrogen and oxygen atoms in total. The number of sulfonamides is 1. The Balaban J connectivity index is 1.04. The number of hydrogen-bond donors (Lipinski definition) is 5. The molecule has 6 amide bonds. The minimum Gasteiger partial charge on any atom is -0.505 e. The highest BCUT2D eigenvalue weighted by molar-refractivity contribution is 7.91. The Morgan fingerprint density at radius 3 is 2.48 bits per heavy atom. The van der Waals surface area contributed by atoms with E-state index < -0.39 is 109 Å². The summed E-state index contributed by atoms with van der Waals surface area (Å²) in [6, 6.07) is 1.43. The molecule has 358 valence electrons. The largest absolute Gasteiger partial charge is 0.505 e. The van der Waals surface area contributed by atoms with Crippen molar-refractivity contribution in [2.24, 2.45) is 17.8 Å². The van der Waals surface area contributed by atoms with Crippen LogP contribution in [0.1, 0.15) is 108 Å². The van der Waals surface area contributed by atoms with Gasteiger partial charge in [0.15, 0.2) is 16.6 Å². The molecule has 0 unspecified atom stereocenters. The van der Waals surface area contributed by atoms with Crippen LogP contribution in [0, 0.1) is 23.6 Å². The van der Waals surface area contributed by atoms with Crippen molar-refractivity contribution in [3.8, 4) is 17.0 Å². The number of carbonyl (C=O) groups is 6. The van der Waals surface area contributed by atoms with Gasteiger partial charge in [0.2, 0.25) is 21.8 Å². The number of fused-ring (bicyclic) bond motifs is 4. The summed E-state index contributed by atoms with van der Waals surface area (Å²) in [4.78, 5) is 91.5. The molecule has 0 spiro atoms. The van der Waals surface area contributed by atoms with Crippen molar-refractivity contribution in [2.75, 3.05) is 26.2 Å². The van der Waals surface area contributed by atoms with Gasteiger partial charge in [-0.15, -0.1) is 11.3 Å². The van der Waals surface area contributed by atoms with Gasteiger partial charge in [0.05, 0.1) is 16.5 Å². The number of halogens is 1. The van der Waals surface area contributed by atoms with Crippen LogP contribution < -0.4 is 20.7 Å². The Morgan fingerprint density at radius 1 is 1.02 bits per heavy atom. The SMILES string of the molecule is CC(C)(C)OC(=O)NC1(COC(=O)N[C@H]2CCCCC/C=C\[C@@H]3C[C@@]3(C(=O)NS(=O)(=O)C3CC3)NC(=O)[C@@H]3[C@H]4CN(C(=O)c5nc(-c6ccc(O)c(F)c6)cs5)C[C@H]4CN3C2=O)CCCC1. The lowest BCUT2D eigenvalue weighted by atomic mass is 9.93. The number of rotatable bonds is 9. The summed E-state index contributed by atoms with van der Waals surface area (Å²) in [6.07, 6.45) is 8.70. The average molecular weight is 956 g/mol. The number of carbonyl (C=O) groups excluding carboxylic acids is 6. The fourth-order valence-corrected chi connectivity index (χ4v) is 12.0. The quantitative estimate of drug-likeness (QED) is 0.219. The van der Waals surface area contributed by atoms with E-state index in [1.165, 1.54) is 17.0 Å². The number of thiazole rings is 1. The molecule has 66 heavy (non-hydrogen) atoms. The number of allylic oxidation sites excluding steroid dienone is 1. The minimum atomic E-state index is -3.98. The molecule has 3 aliphatic heterocycles. The second kappa shape index (κ2) is 18.4. The third kappa shape index (κ3) is 10.3. The topological polar surface area (TPSA) is 243 Å². The summed E-state index contributed by atoms with van der Waals surface area (Å²) < 4.78 is 53.6. The summed E-state index contributed by atoms with van der Waals surface area (Å²) in [7, 11) is -3.98. The fraction of sp³-hybridized carbons (Fsp3) is 0.622. The molecule has 1 aromatic carbocycles. The molecule has 5 fully saturated rings. The van der Waals surface area contributed by atoms with E-state index in [9.17, 15) is 46.7 Å². The molecular formula is C45H58FN7O11S2. The van der Waals surface area contributed by atoms with Gasteiger partial charge >= 0.3 is 12.2 Å². The number of phenolic OH excluding ortho intramolecular Hbond substituents is 1. The van der Waals surface area contributed by atoms with E-state index in [4.69, 9.17) is 9.47 Å². The highest BCUT2D eigenvalue weighted by Gasteiger charge is 2.63. The number of ether oxygens (including phenoxy) is 2. The van der Waals surface area contributed by atoms with Crippen LogP contribution in [0.15, 0.2) is 35.7 Å². The van der Waals surface area contributed by atoms with Gasteiger partial charge < -0.3 is 40.3 Å². The van der Waals surface area contributed by atoms with Gasteiger partial charge in [0.25, 0.3) is 11.8 Å². The molecule has 6 atom stereocenters. The lowest BCUT2D eigenvalue weighted by Crippen LogP contribution is -2.60. The van der Waals surface area contributed by atoms with Crippen molar-refractivity contribution in [1.29, 1.82) is 0 Å². The third-order valence-corrected chi connectivity index (χ3v) is 16.2. The lowest BCUT2D eigenvalue weighted by molar-refractivity contribution is -0.142. The summed E-state index contributed by atoms with van der Waals surface area (Å²) in [5.41, 5.74) is -2.52. The van der Waals surface area contributed by atoms with E-state index in [0.717, 1.165) is 36.7 Å². The smallest absolute Gasteiger partial charge is 0.408 e. The van der Waals surface area contributed by atoms with E-state index in [-0.39, 0.29) is 44.1 Å². The molecule has 2 saturated heterocycles. The molecule has 3 saturated carbocycles. The Hall–Kier alpha value is -5.31. The molecule has 2 aromatic rings. The zero-order valence-corrected chi connectivity index (χ0v) is 38.9. The number of nitrogens with one attached hydrogen (secondary N) is 4. The first-order valence-corrected chi connectivity index (χ1v) is 25.2. The van der Waals surface area contributed by atoms with Gasteiger partial charge in [-0.3, -0.25) is 23.9 Å². The summed E-state index contributed by atoms with van der Waals surface area (Å²) in [6.45, 7) is 5.28. The first-order chi connectivity index (χ1) is 31.3. The van der Waals surface area contributed by atoms with Crippen molar-refractivity contribution >= 4 is 57.2 Å². The molecule has 0 bridgehead atoms. The Bertz CT molecular complexity index is 2400. The predicted molar refractivity (Wildman–Crippen MR) is 238 cm³/mol. The van der Waals surface area contributed by atoms with Gasteiger partial charge in [-0.1, -0.05) is 37.8 Å². The van der Waals surface area contributed by atoms with Crippen LogP contribution in [0.5, 0.6) is 5.75 Å². The zero-order valence-electron chi connectivity index (χ0n) is 37.3. The van der Waals surface area contributed by atoms with E-state index in [1.807, 2.05) is 12.2 Å². The summed E-state index contributed by atoms with van der Waals surface area (Å²) in [5, 5.41) is 19.2. The minimum absolute atomic E-state index is 0.0238. The maximum absolute atomic E-state index is 14.9. The number of aromatic hydroxyl groups is 1. The number of likely N-dealkylation sites (tertiary alicyclic amines) is 1. The molecule has 0 radical (unpaired) electrons. The van der Waals surface area contributed by atoms with Crippen LogP contribution in [0.3, 0.4) is 0 Å². The maximum atomic E-state index is 14.9. The fourth-order valence-electron chi connectivity index (χ4n) is 9.81. The summed E-state index contributed by atoms with van der Waals surface area (Å²) in [5.74, 6) is -5.46. The predicted octanol–water partition coefficient (Wildman–Crippen LogP) is 4.49. The second-order valence-corrected chi connectivity index (χ2v) is 22.5. The number of phenols is 1. The number of amides is 6. The van der Waals surface area contributed by atoms with Crippen LogP contribution in [0.25, 0.3) is 11.3 Å². The van der Waals surface area contributed by atoms with Crippen molar-refractivity contribution in [2.45, 2.75) is 132 Å². The zero-order chi connectivity index (χ0) is 47.2. The van der Waals surface area contributed by atoms with E-state index in [0.29, 0.717) is 56.2 Å². The van der Waals surface area contributed by atoms with Crippen LogP contribution in [-0.2, 0) is 33.9 Å². The van der Waals surface area contributed by atoms with Crippen molar-refractivity contribution in [1.82, 2.24) is 35.5 Å². The highest BCUT2D eigenvalue weighted by Crippen LogP contribution is 2.47. The van der Waals surface area contributed by atoms with E-state index in [1.54, 1.807) is 31.1 Å². The van der Waals surface area contributed by atoms with Crippen LogP contribution in [0.4, 0.5) is 14.0 Å². The van der Waals surface area contributed by atoms with Gasteiger partial charge in [0, 0.05) is 48.3 Å². The number of hydrogen-bond acceptors (Lipinski definition) is 13. The van der Waals surface area contributed by atoms with Gasteiger partial charge in [-0.25, -0.2) is 27.4 Å². The number of nitrogens with zero attached hydrogens (tertiary/aromatic N) is 3. The van der Waals surface area contributed by atoms with Crippen LogP contribution >= 0.6 is 11.3 Å². The van der Waals surface area contributed by atoms with Crippen LogP contribution in [0.2, 0.25) is 0 Å². The Kier molecular flexibility index (Phi) is 13.2. The number of benzene rings is 1. The number of alkyl carbamates (subject to hydrolysis) is 2. The molecule has 6 aliphatic rings. The number of aromatic nitrogens is 1. The van der Waals surface area contributed by atoms with Crippen molar-refractivity contribution in [3.63, 3.8) is 0 Å². The molecule has 21 heteroatoms. The molecule has 3 aliphatic carbocycles. The summed E-state index contributed by atoms with van der Waals surface area (Å²) >= 11 is 1.05. The Labute approximate surface area is 386 Å². The second-order valence-electron chi connectivity index (χ2n) is 19.7. The average Bonchev–Trinajstić information content (AvgIpc) is 3.94. The molecule has 5 N–H and O–H groups in total. The molecule has 1 aromatic heterocycles. The first kappa shape index (κ1) is 47.2. The normalized spacial score (nSPS) is 28.1. The van der Waals surface area contributed by atoms with Gasteiger partial charge in [-0.05, 0) is 90.3 Å². The Morgan fingerprint density at radius 2 is 1.77 bits per heavy atom. The standard InChI is InChI=1S/C45H58FN7O11S2/c1-43(2,3)64-42(60)50-44(17-9-10-18-44)25-63-41(59)48-32-12-8-6-4-5-7-11-28-20-45(28,40(58)51-66(61,62)29-14-15-29)49-36(55)35-30-23-52(21-27(30)22-53(35)38(32)56)39(57)37-47-33(24-65-37)26-13-16-34(54)31(46)19-26/h7,11,13,16,19,24,27-30,32,35,54H,4-6,8-10,12,14-15,17-18,20-23,25H2,1-3H3,(H,48,59)(H,49,55)(H,50,60)(H,51,58)/b11-7-/t27-,28+,30-,32-,35-,45+/m0/s1. The molecule has 8 rings (SSSR count). The third-order valence-electron chi connectivity index (χ3n) is 13.5. The van der Waals surface area contributed by atoms with Crippen molar-refractivity contribution < 1.29 is 56.2 Å². The van der Waals surface area contributed by atoms with E-state index in [2.05, 4.69) is 25.7 Å². The monoisotopic (exact) mass is 955 g/mol. The molecular weight excluding hydrogens is 898 g/mol. The highest BCUT2D eigenvalue weighted by atomic mass is 32.2. The van der Waals surface area contributed by atoms with Crippen LogP contribution in [-0.4, -0.2) is 124 Å². The van der Waals surface area contributed by atoms with Gasteiger partial charge in [0.1, 0.15) is 29.8 Å². The lowest BCUT2D eigenvalue weighted by Gasteiger charge is -2.33. The van der Waals surface area contributed by atoms with E-state index >= 15 is 0 Å². The molecule has 4 heterocycles. The maximum Gasteiger partial charge on any atom is 0.408 e. The van der Waals surface area contributed by atoms with Crippen molar-refractivity contribution in [3.05, 3.63) is 46.6 Å².